The highest BCUT2D eigenvalue weighted by atomic mass is 15.2. The molecule has 1 heterocycles. The van der Waals surface area contributed by atoms with Crippen LogP contribution in [0.2, 0.25) is 0 Å². The summed E-state index contributed by atoms with van der Waals surface area (Å²) in [6.45, 7) is 9.84. The van der Waals surface area contributed by atoms with Crippen molar-refractivity contribution in [2.24, 2.45) is 5.92 Å². The number of nitrogens with one attached hydrogen (secondary N) is 1. The van der Waals surface area contributed by atoms with Crippen LogP contribution in [0.1, 0.15) is 63.6 Å². The molecule has 0 aliphatic heterocycles. The summed E-state index contributed by atoms with van der Waals surface area (Å²) in [6.07, 6.45) is 5.53. The maximum Gasteiger partial charge on any atom is 0.129 e. The monoisotopic (exact) mass is 287 g/mol. The van der Waals surface area contributed by atoms with Crippen LogP contribution in [0, 0.1) is 5.92 Å². The molecule has 0 amide bonds. The second kappa shape index (κ2) is 6.35. The first-order valence-corrected chi connectivity index (χ1v) is 8.65. The average molecular weight is 287 g/mol. The Labute approximate surface area is 129 Å². The smallest absolute Gasteiger partial charge is 0.129 e. The highest BCUT2D eigenvalue weighted by Crippen LogP contribution is 2.37. The van der Waals surface area contributed by atoms with Crippen molar-refractivity contribution in [1.82, 2.24) is 10.3 Å². The molecule has 2 saturated carbocycles. The molecule has 0 radical (unpaired) electrons. The molecule has 21 heavy (non-hydrogen) atoms. The van der Waals surface area contributed by atoms with Crippen molar-refractivity contribution < 1.29 is 0 Å². The van der Waals surface area contributed by atoms with Gasteiger partial charge in [0.25, 0.3) is 0 Å². The molecule has 1 N–H and O–H groups in total. The van der Waals surface area contributed by atoms with Crippen molar-refractivity contribution in [2.75, 3.05) is 18.0 Å². The van der Waals surface area contributed by atoms with Crippen LogP contribution < -0.4 is 10.2 Å². The van der Waals surface area contributed by atoms with Gasteiger partial charge < -0.3 is 10.2 Å². The van der Waals surface area contributed by atoms with Gasteiger partial charge in [0.05, 0.1) is 0 Å². The molecule has 116 valence electrons. The summed E-state index contributed by atoms with van der Waals surface area (Å²) in [5.74, 6) is 2.64. The largest absolute Gasteiger partial charge is 0.353 e. The van der Waals surface area contributed by atoms with Crippen LogP contribution in [0.15, 0.2) is 12.1 Å². The van der Waals surface area contributed by atoms with E-state index >= 15 is 0 Å². The molecule has 2 aliphatic rings. The molecule has 1 aromatic rings. The second-order valence-corrected chi connectivity index (χ2v) is 7.02. The minimum atomic E-state index is 0.493. The zero-order chi connectivity index (χ0) is 14.8. The Morgan fingerprint density at radius 1 is 1.24 bits per heavy atom. The van der Waals surface area contributed by atoms with Gasteiger partial charge >= 0.3 is 0 Å². The van der Waals surface area contributed by atoms with E-state index in [2.05, 4.69) is 43.1 Å². The van der Waals surface area contributed by atoms with Gasteiger partial charge in [-0.15, -0.1) is 0 Å². The molecule has 3 heteroatoms. The topological polar surface area (TPSA) is 28.2 Å². The highest BCUT2D eigenvalue weighted by Gasteiger charge is 2.34. The van der Waals surface area contributed by atoms with Crippen molar-refractivity contribution in [1.29, 1.82) is 0 Å². The van der Waals surface area contributed by atoms with E-state index in [1.807, 2.05) is 0 Å². The van der Waals surface area contributed by atoms with E-state index in [-0.39, 0.29) is 0 Å². The summed E-state index contributed by atoms with van der Waals surface area (Å²) in [6, 6.07) is 5.35. The first-order valence-electron chi connectivity index (χ1n) is 8.65. The fraction of sp³-hybridized carbons (Fsp3) is 0.722. The summed E-state index contributed by atoms with van der Waals surface area (Å²) >= 11 is 0. The Morgan fingerprint density at radius 2 is 2.00 bits per heavy atom. The van der Waals surface area contributed by atoms with Crippen molar-refractivity contribution >= 4 is 5.82 Å². The Hall–Kier alpha value is -1.09. The Balaban J connectivity index is 1.84. The van der Waals surface area contributed by atoms with Gasteiger partial charge in [-0.25, -0.2) is 4.98 Å². The highest BCUT2D eigenvalue weighted by molar-refractivity contribution is 5.46. The molecule has 0 saturated heterocycles. The lowest BCUT2D eigenvalue weighted by molar-refractivity contribution is 0.692. The lowest BCUT2D eigenvalue weighted by Crippen LogP contribution is -2.29. The van der Waals surface area contributed by atoms with Crippen LogP contribution in [-0.4, -0.2) is 24.1 Å². The van der Waals surface area contributed by atoms with Gasteiger partial charge in [0.2, 0.25) is 0 Å². The van der Waals surface area contributed by atoms with Crippen molar-refractivity contribution in [3.63, 3.8) is 0 Å². The van der Waals surface area contributed by atoms with Crippen LogP contribution in [0.5, 0.6) is 0 Å². The van der Waals surface area contributed by atoms with Gasteiger partial charge in [-0.1, -0.05) is 20.8 Å². The van der Waals surface area contributed by atoms with E-state index in [0.29, 0.717) is 5.92 Å². The summed E-state index contributed by atoms with van der Waals surface area (Å²) < 4.78 is 0. The fourth-order valence-electron chi connectivity index (χ4n) is 2.80. The molecule has 0 bridgehead atoms. The van der Waals surface area contributed by atoms with Crippen LogP contribution in [-0.2, 0) is 6.54 Å². The number of hydrogen-bond donors (Lipinski definition) is 1. The Morgan fingerprint density at radius 3 is 2.57 bits per heavy atom. The van der Waals surface area contributed by atoms with Gasteiger partial charge in [0.15, 0.2) is 0 Å². The summed E-state index contributed by atoms with van der Waals surface area (Å²) in [7, 11) is 0. The zero-order valence-electron chi connectivity index (χ0n) is 13.7. The van der Waals surface area contributed by atoms with Gasteiger partial charge in [-0.2, -0.15) is 0 Å². The number of pyridine rings is 1. The van der Waals surface area contributed by atoms with E-state index < -0.39 is 0 Å². The number of rotatable bonds is 8. The third-order valence-corrected chi connectivity index (χ3v) is 4.50. The third kappa shape index (κ3) is 3.97. The van der Waals surface area contributed by atoms with E-state index in [1.165, 1.54) is 49.3 Å². The number of nitrogens with zero attached hydrogens (tertiary/aromatic N) is 2. The predicted molar refractivity (Wildman–Crippen MR) is 88.8 cm³/mol. The molecule has 2 fully saturated rings. The molecule has 2 aliphatic carbocycles. The SMILES string of the molecule is CCNCc1cc(C(C)C)nc(N(CC2CC2)C2CC2)c1. The van der Waals surface area contributed by atoms with Crippen molar-refractivity contribution in [2.45, 2.75) is 65.0 Å². The lowest BCUT2D eigenvalue weighted by atomic mass is 10.1. The van der Waals surface area contributed by atoms with E-state index in [9.17, 15) is 0 Å². The Bertz CT molecular complexity index is 475. The molecule has 3 nitrogen and oxygen atoms in total. The van der Waals surface area contributed by atoms with Crippen LogP contribution in [0.4, 0.5) is 5.82 Å². The number of hydrogen-bond acceptors (Lipinski definition) is 3. The van der Waals surface area contributed by atoms with Crippen molar-refractivity contribution in [3.05, 3.63) is 23.4 Å². The zero-order valence-corrected chi connectivity index (χ0v) is 13.7. The quantitative estimate of drug-likeness (QED) is 0.790. The maximum absolute atomic E-state index is 4.98. The third-order valence-electron chi connectivity index (χ3n) is 4.50. The van der Waals surface area contributed by atoms with Gasteiger partial charge in [0.1, 0.15) is 5.82 Å². The molecule has 1 aromatic heterocycles. The standard InChI is InChI=1S/C18H29N3/c1-4-19-11-15-9-17(13(2)3)20-18(10-15)21(16-7-8-16)12-14-5-6-14/h9-10,13-14,16,19H,4-8,11-12H2,1-3H3. The van der Waals surface area contributed by atoms with Gasteiger partial charge in [-0.3, -0.25) is 0 Å². The summed E-state index contributed by atoms with van der Waals surface area (Å²) in [5, 5.41) is 3.45. The molecule has 0 spiro atoms. The van der Waals surface area contributed by atoms with E-state index in [0.717, 1.165) is 25.0 Å². The average Bonchev–Trinajstić information content (AvgIpc) is 3.35. The van der Waals surface area contributed by atoms with E-state index in [1.54, 1.807) is 0 Å². The van der Waals surface area contributed by atoms with Crippen molar-refractivity contribution in [3.8, 4) is 0 Å². The summed E-state index contributed by atoms with van der Waals surface area (Å²) in [5.41, 5.74) is 2.62. The molecule has 0 aromatic carbocycles. The molecule has 0 unspecified atom stereocenters. The first-order chi connectivity index (χ1) is 10.2. The first kappa shape index (κ1) is 14.8. The van der Waals surface area contributed by atoms with Gasteiger partial charge in [-0.05, 0) is 61.8 Å². The summed E-state index contributed by atoms with van der Waals surface area (Å²) in [4.78, 5) is 7.58. The van der Waals surface area contributed by atoms with Crippen LogP contribution in [0.3, 0.4) is 0 Å². The second-order valence-electron chi connectivity index (χ2n) is 7.02. The maximum atomic E-state index is 4.98. The molecule has 0 atom stereocenters. The van der Waals surface area contributed by atoms with Crippen LogP contribution in [0.25, 0.3) is 0 Å². The Kier molecular flexibility index (Phi) is 4.48. The fourth-order valence-corrected chi connectivity index (χ4v) is 2.80. The molecule has 3 rings (SSSR count). The van der Waals surface area contributed by atoms with Gasteiger partial charge in [0, 0.05) is 24.8 Å². The lowest BCUT2D eigenvalue weighted by Gasteiger charge is -2.25. The van der Waals surface area contributed by atoms with Crippen LogP contribution >= 0.6 is 0 Å². The minimum Gasteiger partial charge on any atom is -0.353 e. The molecular weight excluding hydrogens is 258 g/mol. The van der Waals surface area contributed by atoms with E-state index in [4.69, 9.17) is 4.98 Å². The number of aromatic nitrogens is 1. The number of anilines is 1. The minimum absolute atomic E-state index is 0.493. The molecular formula is C18H29N3. The predicted octanol–water partition coefficient (Wildman–Crippen LogP) is 3.69. The normalized spacial score (nSPS) is 18.3.